The van der Waals surface area contributed by atoms with Crippen LogP contribution in [0.5, 0.6) is 0 Å². The van der Waals surface area contributed by atoms with Crippen LogP contribution in [0.3, 0.4) is 0 Å². The van der Waals surface area contributed by atoms with E-state index in [-0.39, 0.29) is 30.5 Å². The molecule has 1 fully saturated rings. The zero-order valence-corrected chi connectivity index (χ0v) is 12.1. The summed E-state index contributed by atoms with van der Waals surface area (Å²) in [6.45, 7) is 0.473. The van der Waals surface area contributed by atoms with E-state index in [4.69, 9.17) is 0 Å². The standard InChI is InChI=1S/C14H15N3O3S/c18-14(17-6-8-21(19,20)9-7-17)12-10-15-16-13(12)11-4-2-1-3-5-11/h1-5,10H,6-9H2,(H,15,16). The molecule has 0 spiro atoms. The van der Waals surface area contributed by atoms with Gasteiger partial charge in [-0.05, 0) is 0 Å². The number of amides is 1. The molecule has 0 bridgehead atoms. The lowest BCUT2D eigenvalue weighted by Crippen LogP contribution is -2.43. The number of aromatic nitrogens is 2. The third-order valence-corrected chi connectivity index (χ3v) is 5.17. The molecule has 21 heavy (non-hydrogen) atoms. The van der Waals surface area contributed by atoms with E-state index in [1.807, 2.05) is 30.3 Å². The number of H-pyrrole nitrogens is 1. The third-order valence-electron chi connectivity index (χ3n) is 3.56. The lowest BCUT2D eigenvalue weighted by molar-refractivity contribution is 0.0771. The van der Waals surface area contributed by atoms with E-state index in [1.165, 1.54) is 6.20 Å². The van der Waals surface area contributed by atoms with E-state index in [2.05, 4.69) is 10.2 Å². The fourth-order valence-corrected chi connectivity index (χ4v) is 3.56. The molecule has 0 atom stereocenters. The van der Waals surface area contributed by atoms with Crippen molar-refractivity contribution in [1.82, 2.24) is 15.1 Å². The quantitative estimate of drug-likeness (QED) is 0.895. The maximum absolute atomic E-state index is 12.5. The maximum Gasteiger partial charge on any atom is 0.257 e. The van der Waals surface area contributed by atoms with Crippen molar-refractivity contribution in [1.29, 1.82) is 0 Å². The van der Waals surface area contributed by atoms with Crippen molar-refractivity contribution in [2.45, 2.75) is 0 Å². The molecular formula is C14H15N3O3S. The number of hydrogen-bond donors (Lipinski definition) is 1. The number of sulfone groups is 1. The normalized spacial score (nSPS) is 17.6. The van der Waals surface area contributed by atoms with Gasteiger partial charge in [-0.1, -0.05) is 30.3 Å². The highest BCUT2D eigenvalue weighted by Crippen LogP contribution is 2.22. The second-order valence-electron chi connectivity index (χ2n) is 4.97. The zero-order chi connectivity index (χ0) is 14.9. The first-order chi connectivity index (χ1) is 10.1. The first-order valence-corrected chi connectivity index (χ1v) is 8.47. The van der Waals surface area contributed by atoms with E-state index in [9.17, 15) is 13.2 Å². The van der Waals surface area contributed by atoms with Crippen LogP contribution in [0, 0.1) is 0 Å². The highest BCUT2D eigenvalue weighted by atomic mass is 32.2. The Bertz CT molecular complexity index is 739. The highest BCUT2D eigenvalue weighted by molar-refractivity contribution is 7.91. The van der Waals surface area contributed by atoms with Crippen molar-refractivity contribution in [3.05, 3.63) is 42.1 Å². The number of carbonyl (C=O) groups excluding carboxylic acids is 1. The van der Waals surface area contributed by atoms with E-state index in [0.29, 0.717) is 11.3 Å². The summed E-state index contributed by atoms with van der Waals surface area (Å²) in [5, 5.41) is 6.79. The van der Waals surface area contributed by atoms with Crippen molar-refractivity contribution in [3.8, 4) is 11.3 Å². The van der Waals surface area contributed by atoms with Gasteiger partial charge in [-0.25, -0.2) is 8.42 Å². The Kier molecular flexibility index (Phi) is 3.50. The minimum absolute atomic E-state index is 0.0251. The largest absolute Gasteiger partial charge is 0.336 e. The van der Waals surface area contributed by atoms with Crippen LogP contribution in [0.1, 0.15) is 10.4 Å². The molecule has 2 heterocycles. The zero-order valence-electron chi connectivity index (χ0n) is 11.3. The van der Waals surface area contributed by atoms with Crippen LogP contribution < -0.4 is 0 Å². The van der Waals surface area contributed by atoms with Gasteiger partial charge in [-0.2, -0.15) is 5.10 Å². The summed E-state index contributed by atoms with van der Waals surface area (Å²) in [7, 11) is -3.00. The van der Waals surface area contributed by atoms with E-state index < -0.39 is 9.84 Å². The van der Waals surface area contributed by atoms with E-state index in [0.717, 1.165) is 5.56 Å². The Balaban J connectivity index is 1.85. The summed E-state index contributed by atoms with van der Waals surface area (Å²) >= 11 is 0. The molecule has 1 aromatic heterocycles. The number of nitrogens with zero attached hydrogens (tertiary/aromatic N) is 2. The Morgan fingerprint density at radius 1 is 1.14 bits per heavy atom. The highest BCUT2D eigenvalue weighted by Gasteiger charge is 2.27. The van der Waals surface area contributed by atoms with Crippen LogP contribution in [0.2, 0.25) is 0 Å². The lowest BCUT2D eigenvalue weighted by atomic mass is 10.1. The van der Waals surface area contributed by atoms with Crippen molar-refractivity contribution < 1.29 is 13.2 Å². The molecule has 3 rings (SSSR count). The first-order valence-electron chi connectivity index (χ1n) is 6.65. The lowest BCUT2D eigenvalue weighted by Gasteiger charge is -2.26. The Hall–Kier alpha value is -2.15. The van der Waals surface area contributed by atoms with Crippen LogP contribution >= 0.6 is 0 Å². The van der Waals surface area contributed by atoms with E-state index in [1.54, 1.807) is 4.90 Å². The number of carbonyl (C=O) groups is 1. The van der Waals surface area contributed by atoms with Crippen LogP contribution in [0.4, 0.5) is 0 Å². The van der Waals surface area contributed by atoms with Crippen LogP contribution in [-0.4, -0.2) is 54.0 Å². The average Bonchev–Trinajstić information content (AvgIpc) is 2.97. The van der Waals surface area contributed by atoms with Crippen LogP contribution in [0.25, 0.3) is 11.3 Å². The van der Waals surface area contributed by atoms with Crippen molar-refractivity contribution in [3.63, 3.8) is 0 Å². The van der Waals surface area contributed by atoms with Gasteiger partial charge < -0.3 is 4.90 Å². The number of aromatic amines is 1. The van der Waals surface area contributed by atoms with Crippen molar-refractivity contribution in [2.75, 3.05) is 24.6 Å². The molecule has 1 N–H and O–H groups in total. The van der Waals surface area contributed by atoms with Crippen molar-refractivity contribution in [2.24, 2.45) is 0 Å². The molecule has 1 aliphatic heterocycles. The molecule has 0 saturated carbocycles. The predicted octanol–water partition coefficient (Wildman–Crippen LogP) is 0.947. The number of rotatable bonds is 2. The van der Waals surface area contributed by atoms with Gasteiger partial charge >= 0.3 is 0 Å². The van der Waals surface area contributed by atoms with Crippen molar-refractivity contribution >= 4 is 15.7 Å². The van der Waals surface area contributed by atoms with Gasteiger partial charge in [0.15, 0.2) is 9.84 Å². The SMILES string of the molecule is O=C(c1cn[nH]c1-c1ccccc1)N1CCS(=O)(=O)CC1. The maximum atomic E-state index is 12.5. The average molecular weight is 305 g/mol. The molecule has 1 aliphatic rings. The molecule has 1 saturated heterocycles. The second kappa shape index (κ2) is 5.33. The minimum atomic E-state index is -3.00. The van der Waals surface area contributed by atoms with Gasteiger partial charge in [-0.15, -0.1) is 0 Å². The Labute approximate surface area is 122 Å². The molecule has 0 aliphatic carbocycles. The Morgan fingerprint density at radius 3 is 2.48 bits per heavy atom. The molecule has 0 unspecified atom stereocenters. The molecule has 6 nitrogen and oxygen atoms in total. The van der Waals surface area contributed by atoms with Gasteiger partial charge in [-0.3, -0.25) is 9.89 Å². The van der Waals surface area contributed by atoms with Crippen LogP contribution in [-0.2, 0) is 9.84 Å². The molecule has 7 heteroatoms. The third kappa shape index (κ3) is 2.82. The monoisotopic (exact) mass is 305 g/mol. The fourth-order valence-electron chi connectivity index (χ4n) is 2.36. The van der Waals surface area contributed by atoms with Gasteiger partial charge in [0.2, 0.25) is 0 Å². The summed E-state index contributed by atoms with van der Waals surface area (Å²) in [4.78, 5) is 14.1. The van der Waals surface area contributed by atoms with Gasteiger partial charge in [0, 0.05) is 18.7 Å². The second-order valence-corrected chi connectivity index (χ2v) is 7.27. The summed E-state index contributed by atoms with van der Waals surface area (Å²) in [6.07, 6.45) is 1.49. The van der Waals surface area contributed by atoms with Gasteiger partial charge in [0.05, 0.1) is 29.0 Å². The van der Waals surface area contributed by atoms with Gasteiger partial charge in [0.25, 0.3) is 5.91 Å². The summed E-state index contributed by atoms with van der Waals surface area (Å²) in [5.74, 6) is -0.133. The Morgan fingerprint density at radius 2 is 1.81 bits per heavy atom. The molecular weight excluding hydrogens is 290 g/mol. The number of hydrogen-bond acceptors (Lipinski definition) is 4. The molecule has 1 amide bonds. The summed E-state index contributed by atoms with van der Waals surface area (Å²) in [6, 6.07) is 9.46. The predicted molar refractivity (Wildman–Crippen MR) is 78.6 cm³/mol. The number of nitrogens with one attached hydrogen (secondary N) is 1. The number of benzene rings is 1. The summed E-state index contributed by atoms with van der Waals surface area (Å²) in [5.41, 5.74) is 2.01. The molecule has 2 aromatic rings. The minimum Gasteiger partial charge on any atom is -0.336 e. The molecule has 0 radical (unpaired) electrons. The summed E-state index contributed by atoms with van der Waals surface area (Å²) < 4.78 is 22.9. The van der Waals surface area contributed by atoms with Gasteiger partial charge in [0.1, 0.15) is 0 Å². The molecule has 110 valence electrons. The van der Waals surface area contributed by atoms with Crippen LogP contribution in [0.15, 0.2) is 36.5 Å². The first kappa shape index (κ1) is 13.8. The fraction of sp³-hybridized carbons (Fsp3) is 0.286. The topological polar surface area (TPSA) is 83.1 Å². The van der Waals surface area contributed by atoms with E-state index >= 15 is 0 Å². The molecule has 1 aromatic carbocycles. The smallest absolute Gasteiger partial charge is 0.257 e.